The van der Waals surface area contributed by atoms with E-state index in [0.717, 1.165) is 51.8 Å². The van der Waals surface area contributed by atoms with Crippen LogP contribution in [0.1, 0.15) is 131 Å². The molecule has 0 heteroatoms. The maximum atomic E-state index is 2.89. The average Bonchev–Trinajstić information content (AvgIpc) is 3.63. The van der Waals surface area contributed by atoms with Gasteiger partial charge in [0.1, 0.15) is 0 Å². The van der Waals surface area contributed by atoms with Gasteiger partial charge in [-0.25, -0.2) is 0 Å². The molecule has 0 amide bonds. The SMILES string of the molecule is CC(C)CCC[C@@H](C)[C@H]1CC[C@H]2[C@@H]3CC=C4CC5(CC5)C5(CC5)C5(CC5)[C@]4(C)[C@H]3CC[C@]12C. The average molecular weight is 449 g/mol. The molecule has 0 saturated heterocycles. The molecular weight excluding hydrogens is 396 g/mol. The molecule has 6 saturated carbocycles. The molecule has 0 aliphatic heterocycles. The molecule has 7 atom stereocenters. The molecule has 0 aromatic rings. The Bertz CT molecular complexity index is 847. The van der Waals surface area contributed by atoms with E-state index in [1.165, 1.54) is 32.1 Å². The van der Waals surface area contributed by atoms with Crippen LogP contribution in [0.3, 0.4) is 0 Å². The van der Waals surface area contributed by atoms with Gasteiger partial charge in [0.05, 0.1) is 0 Å². The first-order chi connectivity index (χ1) is 15.7. The van der Waals surface area contributed by atoms with E-state index in [9.17, 15) is 0 Å². The second-order valence-corrected chi connectivity index (χ2v) is 15.7. The van der Waals surface area contributed by atoms with Gasteiger partial charge in [-0.1, -0.05) is 65.5 Å². The van der Waals surface area contributed by atoms with Gasteiger partial charge in [-0.3, -0.25) is 0 Å². The summed E-state index contributed by atoms with van der Waals surface area (Å²) in [5.41, 5.74) is 5.53. The Labute approximate surface area is 205 Å². The van der Waals surface area contributed by atoms with Crippen LogP contribution in [0, 0.1) is 62.6 Å². The van der Waals surface area contributed by atoms with E-state index in [-0.39, 0.29) is 0 Å². The van der Waals surface area contributed by atoms with Crippen LogP contribution in [0.15, 0.2) is 11.6 Å². The minimum absolute atomic E-state index is 0.572. The van der Waals surface area contributed by atoms with E-state index in [1.54, 1.807) is 64.2 Å². The summed E-state index contributed by atoms with van der Waals surface area (Å²) in [6.07, 6.45) is 26.0. The zero-order valence-corrected chi connectivity index (χ0v) is 22.6. The third kappa shape index (κ3) is 2.56. The predicted molar refractivity (Wildman–Crippen MR) is 139 cm³/mol. The highest BCUT2D eigenvalue weighted by atomic mass is 14.9. The van der Waals surface area contributed by atoms with E-state index in [4.69, 9.17) is 0 Å². The summed E-state index contributed by atoms with van der Waals surface area (Å²) < 4.78 is 0. The van der Waals surface area contributed by atoms with E-state index in [2.05, 4.69) is 40.7 Å². The van der Waals surface area contributed by atoms with E-state index in [0.29, 0.717) is 10.8 Å². The standard InChI is InChI=1S/C33H52/c1-22(2)7-6-8-23(3)26-11-12-27-25-10-9-24-21-31(15-16-31)33(19-20-33)32(17-18-32)30(24,5)28(25)13-14-29(26,27)4/h9,22-23,25-28H,6-8,10-21H2,1-5H3/t23-,25+,26-,27+,28+,29-,30+/m1/s1. The zero-order chi connectivity index (χ0) is 22.9. The lowest BCUT2D eigenvalue weighted by atomic mass is 9.40. The summed E-state index contributed by atoms with van der Waals surface area (Å²) >= 11 is 0. The van der Waals surface area contributed by atoms with Crippen molar-refractivity contribution >= 4 is 0 Å². The Balaban J connectivity index is 1.17. The Hall–Kier alpha value is -0.260. The highest BCUT2D eigenvalue weighted by molar-refractivity contribution is 5.43. The molecule has 0 heterocycles. The molecule has 7 rings (SSSR count). The Morgan fingerprint density at radius 1 is 0.818 bits per heavy atom. The summed E-state index contributed by atoms with van der Waals surface area (Å²) in [6, 6.07) is 0. The van der Waals surface area contributed by atoms with Crippen LogP contribution in [-0.4, -0.2) is 0 Å². The van der Waals surface area contributed by atoms with Crippen LogP contribution in [0.5, 0.6) is 0 Å². The molecular formula is C33H52. The molecule has 3 spiro atoms. The van der Waals surface area contributed by atoms with E-state index < -0.39 is 0 Å². The molecule has 33 heavy (non-hydrogen) atoms. The van der Waals surface area contributed by atoms with Crippen molar-refractivity contribution in [2.75, 3.05) is 0 Å². The summed E-state index contributed by atoms with van der Waals surface area (Å²) in [6.45, 7) is 13.1. The fourth-order valence-electron chi connectivity index (χ4n) is 12.6. The molecule has 0 bridgehead atoms. The smallest absolute Gasteiger partial charge is 0.00232 e. The highest BCUT2D eigenvalue weighted by Crippen LogP contribution is 2.93. The number of allylic oxidation sites excluding steroid dienone is 2. The third-order valence-electron chi connectivity index (χ3n) is 14.5. The Morgan fingerprint density at radius 2 is 1.55 bits per heavy atom. The number of rotatable bonds is 5. The van der Waals surface area contributed by atoms with Gasteiger partial charge in [0, 0.05) is 0 Å². The van der Waals surface area contributed by atoms with E-state index in [1.807, 2.05) is 5.57 Å². The molecule has 7 aliphatic carbocycles. The second kappa shape index (κ2) is 6.73. The third-order valence-corrected chi connectivity index (χ3v) is 14.5. The van der Waals surface area contributed by atoms with Crippen LogP contribution < -0.4 is 0 Å². The minimum Gasteiger partial charge on any atom is -0.0844 e. The second-order valence-electron chi connectivity index (χ2n) is 15.7. The fourth-order valence-corrected chi connectivity index (χ4v) is 12.6. The van der Waals surface area contributed by atoms with Gasteiger partial charge in [0.15, 0.2) is 0 Å². The maximum Gasteiger partial charge on any atom is -0.00232 e. The van der Waals surface area contributed by atoms with Gasteiger partial charge < -0.3 is 0 Å². The van der Waals surface area contributed by atoms with Crippen LogP contribution in [-0.2, 0) is 0 Å². The van der Waals surface area contributed by atoms with Gasteiger partial charge in [0.25, 0.3) is 0 Å². The van der Waals surface area contributed by atoms with E-state index >= 15 is 0 Å². The van der Waals surface area contributed by atoms with Crippen molar-refractivity contribution in [3.8, 4) is 0 Å². The summed E-state index contributed by atoms with van der Waals surface area (Å²) in [4.78, 5) is 0. The first kappa shape index (κ1) is 22.0. The van der Waals surface area contributed by atoms with Crippen molar-refractivity contribution in [2.45, 2.75) is 131 Å². The predicted octanol–water partition coefficient (Wildman–Crippen LogP) is 9.59. The minimum atomic E-state index is 0.572. The quantitative estimate of drug-likeness (QED) is 0.367. The largest absolute Gasteiger partial charge is 0.0844 e. The van der Waals surface area contributed by atoms with Crippen molar-refractivity contribution in [3.05, 3.63) is 11.6 Å². The van der Waals surface area contributed by atoms with Gasteiger partial charge in [0.2, 0.25) is 0 Å². The molecule has 0 nitrogen and oxygen atoms in total. The Morgan fingerprint density at radius 3 is 2.18 bits per heavy atom. The first-order valence-electron chi connectivity index (χ1n) is 15.4. The normalized spacial score (nSPS) is 47.8. The zero-order valence-electron chi connectivity index (χ0n) is 22.6. The molecule has 7 aliphatic rings. The monoisotopic (exact) mass is 448 g/mol. The van der Waals surface area contributed by atoms with Crippen molar-refractivity contribution < 1.29 is 0 Å². The molecule has 0 unspecified atom stereocenters. The molecule has 184 valence electrons. The van der Waals surface area contributed by atoms with Crippen LogP contribution >= 0.6 is 0 Å². The number of fused-ring (bicyclic) bond motifs is 8. The molecule has 6 fully saturated rings. The molecule has 0 aromatic heterocycles. The van der Waals surface area contributed by atoms with Gasteiger partial charge in [-0.15, -0.1) is 0 Å². The van der Waals surface area contributed by atoms with Crippen LogP contribution in [0.4, 0.5) is 0 Å². The number of hydrogen-bond donors (Lipinski definition) is 0. The lowest BCUT2D eigenvalue weighted by Gasteiger charge is -2.64. The van der Waals surface area contributed by atoms with Gasteiger partial charge in [-0.05, 0) is 140 Å². The highest BCUT2D eigenvalue weighted by Gasteiger charge is 2.84. The molecule has 0 N–H and O–H groups in total. The number of hydrogen-bond acceptors (Lipinski definition) is 0. The topological polar surface area (TPSA) is 0 Å². The molecule has 0 aromatic carbocycles. The lowest BCUT2D eigenvalue weighted by molar-refractivity contribution is -0.108. The van der Waals surface area contributed by atoms with Crippen molar-refractivity contribution in [2.24, 2.45) is 62.6 Å². The Kier molecular flexibility index (Phi) is 4.48. The van der Waals surface area contributed by atoms with Crippen LogP contribution in [0.2, 0.25) is 0 Å². The fraction of sp³-hybridized carbons (Fsp3) is 0.939. The van der Waals surface area contributed by atoms with Crippen LogP contribution in [0.25, 0.3) is 0 Å². The summed E-state index contributed by atoms with van der Waals surface area (Å²) in [5, 5.41) is 0. The summed E-state index contributed by atoms with van der Waals surface area (Å²) in [5.74, 6) is 5.85. The van der Waals surface area contributed by atoms with Crippen molar-refractivity contribution in [1.29, 1.82) is 0 Å². The molecule has 0 radical (unpaired) electrons. The first-order valence-corrected chi connectivity index (χ1v) is 15.4. The van der Waals surface area contributed by atoms with Gasteiger partial charge in [-0.2, -0.15) is 0 Å². The van der Waals surface area contributed by atoms with Gasteiger partial charge >= 0.3 is 0 Å². The lowest BCUT2D eigenvalue weighted by Crippen LogP contribution is -2.57. The van der Waals surface area contributed by atoms with Crippen molar-refractivity contribution in [1.82, 2.24) is 0 Å². The summed E-state index contributed by atoms with van der Waals surface area (Å²) in [7, 11) is 0. The maximum absolute atomic E-state index is 2.89. The van der Waals surface area contributed by atoms with Crippen molar-refractivity contribution in [3.63, 3.8) is 0 Å².